The highest BCUT2D eigenvalue weighted by molar-refractivity contribution is 7.13. The first-order chi connectivity index (χ1) is 11.2. The van der Waals surface area contributed by atoms with Gasteiger partial charge in [-0.15, -0.1) is 11.3 Å². The highest BCUT2D eigenvalue weighted by Gasteiger charge is 2.30. The summed E-state index contributed by atoms with van der Waals surface area (Å²) >= 11 is 1.41. The van der Waals surface area contributed by atoms with Gasteiger partial charge in [0.05, 0.1) is 0 Å². The number of furan rings is 1. The fraction of sp³-hybridized carbons (Fsp3) is 0.188. The number of aromatic nitrogens is 1. The average molecular weight is 327 g/mol. The molecule has 1 aliphatic rings. The molecular formula is C16H13N3O3S. The fourth-order valence-electron chi connectivity index (χ4n) is 2.64. The van der Waals surface area contributed by atoms with Gasteiger partial charge in [-0.05, 0) is 12.1 Å². The van der Waals surface area contributed by atoms with Crippen LogP contribution >= 0.6 is 11.3 Å². The number of anilines is 1. The minimum atomic E-state index is -0.256. The third-order valence-electron chi connectivity index (χ3n) is 3.79. The fourth-order valence-corrected chi connectivity index (χ4v) is 3.33. The molecular weight excluding hydrogens is 314 g/mol. The Hall–Kier alpha value is -2.67. The maximum absolute atomic E-state index is 12.6. The summed E-state index contributed by atoms with van der Waals surface area (Å²) in [6.45, 7) is 0.939. The molecule has 1 aromatic carbocycles. The summed E-state index contributed by atoms with van der Waals surface area (Å²) in [5, 5.41) is 3.38. The molecule has 2 amide bonds. The quantitative estimate of drug-likeness (QED) is 0.725. The molecule has 7 heteroatoms. The maximum atomic E-state index is 12.6. The normalized spacial score (nSPS) is 15.4. The van der Waals surface area contributed by atoms with Crippen LogP contribution in [0.25, 0.3) is 11.0 Å². The summed E-state index contributed by atoms with van der Waals surface area (Å²) in [4.78, 5) is 32.1. The SMILES string of the molecule is O=C(c1cc2ccccc2o1)N1CCN(c2nccs2)C(=O)C1. The molecule has 1 saturated heterocycles. The number of carbonyl (C=O) groups excluding carboxylic acids is 2. The Morgan fingerprint density at radius 3 is 2.87 bits per heavy atom. The van der Waals surface area contributed by atoms with Crippen LogP contribution in [0.1, 0.15) is 10.6 Å². The van der Waals surface area contributed by atoms with E-state index in [1.165, 1.54) is 16.2 Å². The Morgan fingerprint density at radius 2 is 2.13 bits per heavy atom. The highest BCUT2D eigenvalue weighted by atomic mass is 32.1. The van der Waals surface area contributed by atoms with E-state index in [4.69, 9.17) is 4.42 Å². The number of carbonyl (C=O) groups is 2. The summed E-state index contributed by atoms with van der Waals surface area (Å²) in [6.07, 6.45) is 1.67. The van der Waals surface area contributed by atoms with Crippen LogP contribution in [0.2, 0.25) is 0 Å². The van der Waals surface area contributed by atoms with Gasteiger partial charge in [0.15, 0.2) is 10.9 Å². The summed E-state index contributed by atoms with van der Waals surface area (Å²) in [5.74, 6) is -0.120. The molecule has 0 saturated carbocycles. The van der Waals surface area contributed by atoms with E-state index < -0.39 is 0 Å². The number of fused-ring (bicyclic) bond motifs is 1. The van der Waals surface area contributed by atoms with E-state index in [1.807, 2.05) is 29.6 Å². The standard InChI is InChI=1S/C16H13N3O3S/c20-14-10-18(6-7-19(14)16-17-5-8-23-16)15(21)13-9-11-3-1-2-4-12(11)22-13/h1-5,8-9H,6-7,10H2. The summed E-state index contributed by atoms with van der Waals surface area (Å²) in [5.41, 5.74) is 0.670. The predicted octanol–water partition coefficient (Wildman–Crippen LogP) is 2.38. The molecule has 0 bridgehead atoms. The van der Waals surface area contributed by atoms with Crippen LogP contribution in [0.5, 0.6) is 0 Å². The zero-order chi connectivity index (χ0) is 15.8. The number of hydrogen-bond acceptors (Lipinski definition) is 5. The van der Waals surface area contributed by atoms with E-state index >= 15 is 0 Å². The van der Waals surface area contributed by atoms with E-state index in [-0.39, 0.29) is 24.1 Å². The smallest absolute Gasteiger partial charge is 0.290 e. The first-order valence-electron chi connectivity index (χ1n) is 7.20. The van der Waals surface area contributed by atoms with Crippen LogP contribution < -0.4 is 4.90 Å². The number of thiazole rings is 1. The second-order valence-electron chi connectivity index (χ2n) is 5.24. The lowest BCUT2D eigenvalue weighted by Gasteiger charge is -2.32. The van der Waals surface area contributed by atoms with Crippen molar-refractivity contribution < 1.29 is 14.0 Å². The van der Waals surface area contributed by atoms with Crippen LogP contribution in [0, 0.1) is 0 Å². The van der Waals surface area contributed by atoms with Gasteiger partial charge in [0.25, 0.3) is 5.91 Å². The molecule has 0 atom stereocenters. The van der Waals surface area contributed by atoms with Crippen molar-refractivity contribution in [1.82, 2.24) is 9.88 Å². The molecule has 116 valence electrons. The van der Waals surface area contributed by atoms with Crippen LogP contribution in [-0.4, -0.2) is 41.3 Å². The van der Waals surface area contributed by atoms with Gasteiger partial charge in [0.1, 0.15) is 12.1 Å². The second-order valence-corrected chi connectivity index (χ2v) is 6.11. The molecule has 0 N–H and O–H groups in total. The van der Waals surface area contributed by atoms with Gasteiger partial charge in [-0.3, -0.25) is 14.5 Å². The number of para-hydroxylation sites is 1. The van der Waals surface area contributed by atoms with Crippen molar-refractivity contribution in [2.24, 2.45) is 0 Å². The number of piperazine rings is 1. The van der Waals surface area contributed by atoms with Gasteiger partial charge in [-0.2, -0.15) is 0 Å². The van der Waals surface area contributed by atoms with Crippen molar-refractivity contribution in [3.63, 3.8) is 0 Å². The van der Waals surface area contributed by atoms with Crippen molar-refractivity contribution in [3.8, 4) is 0 Å². The van der Waals surface area contributed by atoms with Crippen molar-refractivity contribution in [1.29, 1.82) is 0 Å². The minimum Gasteiger partial charge on any atom is -0.451 e. The average Bonchev–Trinajstić information content (AvgIpc) is 3.23. The van der Waals surface area contributed by atoms with Gasteiger partial charge in [-0.25, -0.2) is 4.98 Å². The number of rotatable bonds is 2. The van der Waals surface area contributed by atoms with E-state index in [0.29, 0.717) is 23.8 Å². The molecule has 0 spiro atoms. The van der Waals surface area contributed by atoms with Gasteiger partial charge in [0, 0.05) is 30.1 Å². The molecule has 6 nitrogen and oxygen atoms in total. The van der Waals surface area contributed by atoms with Crippen LogP contribution in [0.15, 0.2) is 46.3 Å². The predicted molar refractivity (Wildman–Crippen MR) is 86.6 cm³/mol. The van der Waals surface area contributed by atoms with Crippen molar-refractivity contribution in [3.05, 3.63) is 47.7 Å². The maximum Gasteiger partial charge on any atom is 0.290 e. The first-order valence-corrected chi connectivity index (χ1v) is 8.08. The zero-order valence-corrected chi connectivity index (χ0v) is 13.0. The molecule has 3 heterocycles. The molecule has 0 radical (unpaired) electrons. The van der Waals surface area contributed by atoms with Crippen molar-refractivity contribution >= 4 is 39.3 Å². The Labute approximate surface area is 135 Å². The Balaban J connectivity index is 1.53. The van der Waals surface area contributed by atoms with E-state index in [0.717, 1.165) is 5.39 Å². The monoisotopic (exact) mass is 327 g/mol. The van der Waals surface area contributed by atoms with Crippen LogP contribution in [0.4, 0.5) is 5.13 Å². The third kappa shape index (κ3) is 2.49. The third-order valence-corrected chi connectivity index (χ3v) is 4.59. The van der Waals surface area contributed by atoms with Gasteiger partial charge in [-0.1, -0.05) is 18.2 Å². The summed E-state index contributed by atoms with van der Waals surface area (Å²) < 4.78 is 5.59. The zero-order valence-electron chi connectivity index (χ0n) is 12.1. The van der Waals surface area contributed by atoms with E-state index in [9.17, 15) is 9.59 Å². The highest BCUT2D eigenvalue weighted by Crippen LogP contribution is 2.23. The molecule has 0 unspecified atom stereocenters. The minimum absolute atomic E-state index is 0.0372. The molecule has 1 aliphatic heterocycles. The van der Waals surface area contributed by atoms with Gasteiger partial charge >= 0.3 is 0 Å². The summed E-state index contributed by atoms with van der Waals surface area (Å²) in [6, 6.07) is 9.17. The molecule has 3 aromatic rings. The Morgan fingerprint density at radius 1 is 1.26 bits per heavy atom. The van der Waals surface area contributed by atoms with Gasteiger partial charge < -0.3 is 9.32 Å². The van der Waals surface area contributed by atoms with E-state index in [2.05, 4.69) is 4.98 Å². The largest absolute Gasteiger partial charge is 0.451 e. The van der Waals surface area contributed by atoms with E-state index in [1.54, 1.807) is 17.2 Å². The number of nitrogens with zero attached hydrogens (tertiary/aromatic N) is 3. The topological polar surface area (TPSA) is 66.7 Å². The molecule has 1 fully saturated rings. The lowest BCUT2D eigenvalue weighted by atomic mass is 10.2. The lowest BCUT2D eigenvalue weighted by Crippen LogP contribution is -2.52. The van der Waals surface area contributed by atoms with Crippen molar-refractivity contribution in [2.75, 3.05) is 24.5 Å². The van der Waals surface area contributed by atoms with Crippen LogP contribution in [-0.2, 0) is 4.79 Å². The number of benzene rings is 1. The number of hydrogen-bond donors (Lipinski definition) is 0. The molecule has 4 rings (SSSR count). The van der Waals surface area contributed by atoms with Gasteiger partial charge in [0.2, 0.25) is 5.91 Å². The van der Waals surface area contributed by atoms with Crippen LogP contribution in [0.3, 0.4) is 0 Å². The Bertz CT molecular complexity index is 839. The molecule has 0 aliphatic carbocycles. The molecule has 23 heavy (non-hydrogen) atoms. The Kier molecular flexibility index (Phi) is 3.34. The number of amides is 2. The molecule has 2 aromatic heterocycles. The first kappa shape index (κ1) is 14.0. The lowest BCUT2D eigenvalue weighted by molar-refractivity contribution is -0.120. The second kappa shape index (κ2) is 5.51. The van der Waals surface area contributed by atoms with Crippen molar-refractivity contribution in [2.45, 2.75) is 0 Å². The summed E-state index contributed by atoms with van der Waals surface area (Å²) in [7, 11) is 0.